The van der Waals surface area contributed by atoms with Crippen molar-refractivity contribution >= 4 is 29.1 Å². The number of thioether (sulfide) groups is 1. The Labute approximate surface area is 195 Å². The van der Waals surface area contributed by atoms with E-state index < -0.39 is 0 Å². The Kier molecular flexibility index (Phi) is 6.08. The average Bonchev–Trinajstić information content (AvgIpc) is 3.60. The molecule has 0 unspecified atom stereocenters. The van der Waals surface area contributed by atoms with Gasteiger partial charge in [0.05, 0.1) is 18.6 Å². The van der Waals surface area contributed by atoms with Crippen LogP contribution in [0, 0.1) is 0 Å². The molecule has 2 aromatic carbocycles. The molecule has 7 nitrogen and oxygen atoms in total. The van der Waals surface area contributed by atoms with Gasteiger partial charge >= 0.3 is 0 Å². The van der Waals surface area contributed by atoms with Crippen molar-refractivity contribution in [3.8, 4) is 11.6 Å². The van der Waals surface area contributed by atoms with Crippen molar-refractivity contribution < 1.29 is 14.0 Å². The van der Waals surface area contributed by atoms with Gasteiger partial charge in [-0.15, -0.1) is 10.2 Å². The van der Waals surface area contributed by atoms with Gasteiger partial charge in [0.15, 0.2) is 16.7 Å². The number of aromatic nitrogens is 3. The molecule has 0 aliphatic carbocycles. The van der Waals surface area contributed by atoms with Crippen molar-refractivity contribution in [2.45, 2.75) is 24.5 Å². The zero-order chi connectivity index (χ0) is 22.6. The number of hydrogen-bond acceptors (Lipinski definition) is 6. The monoisotopic (exact) mass is 458 g/mol. The summed E-state index contributed by atoms with van der Waals surface area (Å²) in [5, 5.41) is 9.30. The van der Waals surface area contributed by atoms with E-state index in [2.05, 4.69) is 10.2 Å². The number of rotatable bonds is 8. The number of ketones is 1. The van der Waals surface area contributed by atoms with Crippen molar-refractivity contribution in [2.75, 3.05) is 17.2 Å². The van der Waals surface area contributed by atoms with Crippen LogP contribution in [-0.4, -0.2) is 38.8 Å². The molecule has 2 aromatic heterocycles. The minimum atomic E-state index is -0.0256. The highest BCUT2D eigenvalue weighted by Gasteiger charge is 2.23. The number of anilines is 1. The quantitative estimate of drug-likeness (QED) is 0.282. The van der Waals surface area contributed by atoms with Gasteiger partial charge in [-0.1, -0.05) is 54.2 Å². The minimum Gasteiger partial charge on any atom is -0.461 e. The van der Waals surface area contributed by atoms with E-state index in [4.69, 9.17) is 4.42 Å². The van der Waals surface area contributed by atoms with E-state index in [-0.39, 0.29) is 17.4 Å². The van der Waals surface area contributed by atoms with E-state index in [1.54, 1.807) is 23.3 Å². The molecular weight excluding hydrogens is 436 g/mol. The Hall–Kier alpha value is -3.65. The van der Waals surface area contributed by atoms with Crippen molar-refractivity contribution in [1.82, 2.24) is 14.8 Å². The molecular formula is C25H22N4O3S. The Morgan fingerprint density at radius 2 is 1.91 bits per heavy atom. The molecule has 1 fully saturated rings. The average molecular weight is 459 g/mol. The molecule has 0 spiro atoms. The fourth-order valence-corrected chi connectivity index (χ4v) is 4.71. The van der Waals surface area contributed by atoms with Crippen LogP contribution >= 0.6 is 11.8 Å². The van der Waals surface area contributed by atoms with Crippen LogP contribution in [0.1, 0.15) is 28.8 Å². The standard InChI is InChI=1S/C25H22N4O3S/c30-21(19-9-4-10-20(15-19)28-13-5-12-23(28)31)17-33-25-27-26-24(22-11-6-14-32-22)29(25)16-18-7-2-1-3-8-18/h1-4,6-11,14-15H,5,12-13,16-17H2. The smallest absolute Gasteiger partial charge is 0.227 e. The van der Waals surface area contributed by atoms with E-state index in [1.807, 2.05) is 59.2 Å². The number of benzene rings is 2. The summed E-state index contributed by atoms with van der Waals surface area (Å²) in [7, 11) is 0. The molecule has 1 amide bonds. The molecule has 8 heteroatoms. The first kappa shape index (κ1) is 21.2. The van der Waals surface area contributed by atoms with Crippen LogP contribution in [0.25, 0.3) is 11.6 Å². The summed E-state index contributed by atoms with van der Waals surface area (Å²) in [6.07, 6.45) is 3.01. The Morgan fingerprint density at radius 3 is 2.67 bits per heavy atom. The van der Waals surface area contributed by atoms with Crippen LogP contribution in [-0.2, 0) is 11.3 Å². The molecule has 0 N–H and O–H groups in total. The fourth-order valence-electron chi connectivity index (χ4n) is 3.87. The third kappa shape index (κ3) is 4.61. The lowest BCUT2D eigenvalue weighted by Gasteiger charge is -2.16. The third-order valence-corrected chi connectivity index (χ3v) is 6.49. The van der Waals surface area contributed by atoms with Gasteiger partial charge in [-0.2, -0.15) is 0 Å². The molecule has 0 atom stereocenters. The highest BCUT2D eigenvalue weighted by atomic mass is 32.2. The molecule has 1 saturated heterocycles. The molecule has 4 aromatic rings. The number of amides is 1. The molecule has 3 heterocycles. The largest absolute Gasteiger partial charge is 0.461 e. The molecule has 166 valence electrons. The van der Waals surface area contributed by atoms with Crippen molar-refractivity contribution in [1.29, 1.82) is 0 Å². The molecule has 33 heavy (non-hydrogen) atoms. The van der Waals surface area contributed by atoms with Gasteiger partial charge in [0, 0.05) is 24.2 Å². The van der Waals surface area contributed by atoms with E-state index in [0.717, 1.165) is 17.7 Å². The zero-order valence-electron chi connectivity index (χ0n) is 17.9. The van der Waals surface area contributed by atoms with E-state index in [9.17, 15) is 9.59 Å². The second-order valence-electron chi connectivity index (χ2n) is 7.77. The summed E-state index contributed by atoms with van der Waals surface area (Å²) in [6, 6.07) is 21.0. The van der Waals surface area contributed by atoms with Gasteiger partial charge in [0.1, 0.15) is 0 Å². The third-order valence-electron chi connectivity index (χ3n) is 5.53. The maximum atomic E-state index is 13.0. The van der Waals surface area contributed by atoms with Crippen LogP contribution in [0.15, 0.2) is 82.6 Å². The summed E-state index contributed by atoms with van der Waals surface area (Å²) < 4.78 is 7.51. The van der Waals surface area contributed by atoms with Crippen LogP contribution < -0.4 is 4.90 Å². The second-order valence-corrected chi connectivity index (χ2v) is 8.71. The van der Waals surface area contributed by atoms with Crippen LogP contribution in [0.2, 0.25) is 0 Å². The predicted molar refractivity (Wildman–Crippen MR) is 126 cm³/mol. The van der Waals surface area contributed by atoms with Gasteiger partial charge in [-0.3, -0.25) is 14.2 Å². The van der Waals surface area contributed by atoms with E-state index in [0.29, 0.717) is 41.8 Å². The maximum Gasteiger partial charge on any atom is 0.227 e. The highest BCUT2D eigenvalue weighted by molar-refractivity contribution is 7.99. The zero-order valence-corrected chi connectivity index (χ0v) is 18.7. The molecule has 1 aliphatic rings. The van der Waals surface area contributed by atoms with Gasteiger partial charge in [-0.05, 0) is 36.2 Å². The number of hydrogen-bond donors (Lipinski definition) is 0. The number of Topliss-reactive ketones (excluding diaryl/α,β-unsaturated/α-hetero) is 1. The normalized spacial score (nSPS) is 13.6. The van der Waals surface area contributed by atoms with E-state index >= 15 is 0 Å². The second kappa shape index (κ2) is 9.46. The van der Waals surface area contributed by atoms with Crippen LogP contribution in [0.4, 0.5) is 5.69 Å². The van der Waals surface area contributed by atoms with E-state index in [1.165, 1.54) is 11.8 Å². The lowest BCUT2D eigenvalue weighted by Crippen LogP contribution is -2.23. The van der Waals surface area contributed by atoms with Gasteiger partial charge in [0.2, 0.25) is 11.7 Å². The fraction of sp³-hybridized carbons (Fsp3) is 0.200. The lowest BCUT2D eigenvalue weighted by atomic mass is 10.1. The number of furan rings is 1. The van der Waals surface area contributed by atoms with Gasteiger partial charge in [-0.25, -0.2) is 0 Å². The van der Waals surface area contributed by atoms with Crippen LogP contribution in [0.3, 0.4) is 0 Å². The number of nitrogens with zero attached hydrogens (tertiary/aromatic N) is 4. The molecule has 0 saturated carbocycles. The summed E-state index contributed by atoms with van der Waals surface area (Å²) in [6.45, 7) is 1.26. The summed E-state index contributed by atoms with van der Waals surface area (Å²) in [4.78, 5) is 26.8. The summed E-state index contributed by atoms with van der Waals surface area (Å²) >= 11 is 1.34. The minimum absolute atomic E-state index is 0.0256. The Bertz CT molecular complexity index is 1270. The van der Waals surface area contributed by atoms with Crippen molar-refractivity contribution in [2.24, 2.45) is 0 Å². The number of carbonyl (C=O) groups excluding carboxylic acids is 2. The summed E-state index contributed by atoms with van der Waals surface area (Å²) in [5.41, 5.74) is 2.46. The first-order chi connectivity index (χ1) is 16.2. The van der Waals surface area contributed by atoms with Gasteiger partial charge in [0.25, 0.3) is 0 Å². The topological polar surface area (TPSA) is 81.2 Å². The van der Waals surface area contributed by atoms with Gasteiger partial charge < -0.3 is 9.32 Å². The Morgan fingerprint density at radius 1 is 1.03 bits per heavy atom. The first-order valence-corrected chi connectivity index (χ1v) is 11.7. The lowest BCUT2D eigenvalue weighted by molar-refractivity contribution is -0.117. The molecule has 1 aliphatic heterocycles. The molecule has 0 radical (unpaired) electrons. The maximum absolute atomic E-state index is 13.0. The predicted octanol–water partition coefficient (Wildman–Crippen LogP) is 4.69. The van der Waals surface area contributed by atoms with Crippen LogP contribution in [0.5, 0.6) is 0 Å². The molecule has 5 rings (SSSR count). The van der Waals surface area contributed by atoms with Crippen molar-refractivity contribution in [3.05, 3.63) is 84.1 Å². The SMILES string of the molecule is O=C(CSc1nnc(-c2ccco2)n1Cc1ccccc1)c1cccc(N2CCCC2=O)c1. The van der Waals surface area contributed by atoms with Crippen molar-refractivity contribution in [3.63, 3.8) is 0 Å². The first-order valence-electron chi connectivity index (χ1n) is 10.8. The number of carbonyl (C=O) groups is 2. The Balaban J connectivity index is 1.35. The molecule has 0 bridgehead atoms. The summed E-state index contributed by atoms with van der Waals surface area (Å²) in [5.74, 6) is 1.53. The highest BCUT2D eigenvalue weighted by Crippen LogP contribution is 2.27.